The number of rotatable bonds is 10. The number of thioether (sulfide) groups is 1. The van der Waals surface area contributed by atoms with Crippen molar-refractivity contribution in [2.24, 2.45) is 0 Å². The van der Waals surface area contributed by atoms with E-state index in [1.807, 2.05) is 19.2 Å². The van der Waals surface area contributed by atoms with Crippen molar-refractivity contribution in [2.75, 3.05) is 11.1 Å². The number of hydrogen-bond donors (Lipinski definition) is 1. The van der Waals surface area contributed by atoms with Crippen molar-refractivity contribution in [3.8, 4) is 11.4 Å². The van der Waals surface area contributed by atoms with E-state index < -0.39 is 0 Å². The van der Waals surface area contributed by atoms with Gasteiger partial charge in [0.05, 0.1) is 35.4 Å². The Balaban J connectivity index is 1.40. The summed E-state index contributed by atoms with van der Waals surface area (Å²) in [5, 5.41) is 3.21. The summed E-state index contributed by atoms with van der Waals surface area (Å²) in [5.41, 5.74) is 4.83. The molecule has 0 radical (unpaired) electrons. The van der Waals surface area contributed by atoms with Crippen molar-refractivity contribution in [2.45, 2.75) is 82.2 Å². The van der Waals surface area contributed by atoms with Crippen molar-refractivity contribution in [1.82, 2.24) is 34.5 Å². The predicted octanol–water partition coefficient (Wildman–Crippen LogP) is 5.49. The van der Waals surface area contributed by atoms with Crippen molar-refractivity contribution in [3.05, 3.63) is 58.3 Å². The molecule has 4 aromatic heterocycles. The fraction of sp³-hybridized carbons (Fsp3) is 0.464. The minimum atomic E-state index is -0.191. The molecule has 1 N–H and O–H groups in total. The molecule has 1 atom stereocenters. The summed E-state index contributed by atoms with van der Waals surface area (Å²) in [5.74, 6) is 2.75. The highest BCUT2D eigenvalue weighted by Crippen LogP contribution is 2.48. The van der Waals surface area contributed by atoms with Gasteiger partial charge < -0.3 is 5.32 Å². The van der Waals surface area contributed by atoms with Crippen LogP contribution in [0.4, 0.5) is 5.82 Å². The van der Waals surface area contributed by atoms with E-state index in [1.165, 1.54) is 0 Å². The zero-order valence-electron chi connectivity index (χ0n) is 22.0. The summed E-state index contributed by atoms with van der Waals surface area (Å²) >= 11 is 1.75. The molecule has 9 nitrogen and oxygen atoms in total. The van der Waals surface area contributed by atoms with Gasteiger partial charge in [0.25, 0.3) is 5.56 Å². The first-order chi connectivity index (χ1) is 18.6. The van der Waals surface area contributed by atoms with Gasteiger partial charge in [-0.2, -0.15) is 0 Å². The van der Waals surface area contributed by atoms with Gasteiger partial charge in [-0.3, -0.25) is 14.3 Å². The Hall–Kier alpha value is -3.40. The summed E-state index contributed by atoms with van der Waals surface area (Å²) < 4.78 is 1.75. The molecule has 0 amide bonds. The van der Waals surface area contributed by atoms with Crippen LogP contribution in [0.5, 0.6) is 0 Å². The molecule has 0 bridgehead atoms. The van der Waals surface area contributed by atoms with E-state index in [4.69, 9.17) is 9.97 Å². The third kappa shape index (κ3) is 4.89. The van der Waals surface area contributed by atoms with E-state index >= 15 is 0 Å². The van der Waals surface area contributed by atoms with Crippen LogP contribution in [0.25, 0.3) is 22.6 Å². The number of aromatic nitrogens is 7. The quantitative estimate of drug-likeness (QED) is 0.267. The number of anilines is 1. The van der Waals surface area contributed by atoms with Gasteiger partial charge in [-0.1, -0.05) is 13.8 Å². The molecule has 0 aromatic carbocycles. The number of fused-ring (bicyclic) bond motifs is 1. The van der Waals surface area contributed by atoms with Crippen LogP contribution in [0.2, 0.25) is 0 Å². The number of nitrogens with zero attached hydrogens (tertiary/aromatic N) is 7. The van der Waals surface area contributed by atoms with Crippen LogP contribution in [0, 0.1) is 0 Å². The van der Waals surface area contributed by atoms with Crippen LogP contribution >= 0.6 is 11.8 Å². The largest absolute Gasteiger partial charge is 0.360 e. The second-order valence-corrected chi connectivity index (χ2v) is 11.5. The van der Waals surface area contributed by atoms with Gasteiger partial charge in [-0.05, 0) is 56.9 Å². The van der Waals surface area contributed by atoms with E-state index in [2.05, 4.69) is 45.2 Å². The molecular weight excluding hydrogens is 496 g/mol. The topological polar surface area (TPSA) is 111 Å². The molecule has 2 aliphatic rings. The predicted molar refractivity (Wildman–Crippen MR) is 150 cm³/mol. The number of nitrogens with one attached hydrogen (secondary N) is 1. The summed E-state index contributed by atoms with van der Waals surface area (Å²) in [6.45, 7) is 6.63. The lowest BCUT2D eigenvalue weighted by Crippen LogP contribution is -2.28. The molecule has 0 saturated heterocycles. The third-order valence-corrected chi connectivity index (χ3v) is 8.13. The van der Waals surface area contributed by atoms with Crippen LogP contribution in [0.3, 0.4) is 0 Å². The van der Waals surface area contributed by atoms with Crippen LogP contribution < -0.4 is 10.9 Å². The van der Waals surface area contributed by atoms with E-state index in [9.17, 15) is 4.79 Å². The van der Waals surface area contributed by atoms with Gasteiger partial charge in [0.1, 0.15) is 11.8 Å². The van der Waals surface area contributed by atoms with Crippen LogP contribution in [-0.4, -0.2) is 40.2 Å². The van der Waals surface area contributed by atoms with Gasteiger partial charge in [0, 0.05) is 29.0 Å². The zero-order valence-corrected chi connectivity index (χ0v) is 22.8. The Kier molecular flexibility index (Phi) is 6.82. The van der Waals surface area contributed by atoms with Crippen LogP contribution in [0.1, 0.15) is 87.8 Å². The monoisotopic (exact) mass is 528 g/mol. The van der Waals surface area contributed by atoms with Gasteiger partial charge in [-0.15, -0.1) is 11.8 Å². The fourth-order valence-electron chi connectivity index (χ4n) is 4.75. The van der Waals surface area contributed by atoms with Gasteiger partial charge in [-0.25, -0.2) is 24.9 Å². The minimum absolute atomic E-state index is 0.0578. The average molecular weight is 529 g/mol. The Bertz CT molecular complexity index is 1500. The zero-order chi connectivity index (χ0) is 26.2. The van der Waals surface area contributed by atoms with Gasteiger partial charge in [0.2, 0.25) is 0 Å². The molecule has 6 rings (SSSR count). The first-order valence-corrected chi connectivity index (χ1v) is 14.5. The second kappa shape index (κ2) is 10.4. The molecular formula is C28H32N8OS. The lowest BCUT2D eigenvalue weighted by molar-refractivity contribution is 0.526. The van der Waals surface area contributed by atoms with E-state index in [1.54, 1.807) is 28.9 Å². The molecule has 0 unspecified atom stereocenters. The van der Waals surface area contributed by atoms with Crippen molar-refractivity contribution < 1.29 is 0 Å². The Labute approximate surface area is 226 Å². The van der Waals surface area contributed by atoms with Gasteiger partial charge >= 0.3 is 0 Å². The van der Waals surface area contributed by atoms with Crippen LogP contribution in [0.15, 0.2) is 40.5 Å². The molecule has 10 heteroatoms. The van der Waals surface area contributed by atoms with Gasteiger partial charge in [0.15, 0.2) is 17.3 Å². The van der Waals surface area contributed by atoms with Crippen LogP contribution in [-0.2, 0) is 6.54 Å². The average Bonchev–Trinajstić information content (AvgIpc) is 3.86. The molecule has 196 valence electrons. The molecule has 2 saturated carbocycles. The molecule has 0 spiro atoms. The maximum Gasteiger partial charge on any atom is 0.295 e. The Morgan fingerprint density at radius 3 is 2.34 bits per heavy atom. The summed E-state index contributed by atoms with van der Waals surface area (Å²) in [7, 11) is 0. The Morgan fingerprint density at radius 1 is 1.00 bits per heavy atom. The van der Waals surface area contributed by atoms with E-state index in [0.717, 1.165) is 65.4 Å². The summed E-state index contributed by atoms with van der Waals surface area (Å²) in [6, 6.07) is 3.97. The highest BCUT2D eigenvalue weighted by atomic mass is 32.2. The SMILES string of the molecule is CCSc1ccc(CNc2nc3cnc(-c4c(C5CC5)ncnc4C4CC4)nc3n([C@@H](C)CC)c2=O)nc1. The first kappa shape index (κ1) is 24.9. The Morgan fingerprint density at radius 2 is 1.74 bits per heavy atom. The van der Waals surface area contributed by atoms with Crippen molar-refractivity contribution >= 4 is 28.7 Å². The maximum absolute atomic E-state index is 13.7. The normalized spacial score (nSPS) is 16.1. The highest BCUT2D eigenvalue weighted by molar-refractivity contribution is 7.99. The molecule has 38 heavy (non-hydrogen) atoms. The molecule has 2 fully saturated rings. The third-order valence-electron chi connectivity index (χ3n) is 7.27. The lowest BCUT2D eigenvalue weighted by atomic mass is 10.0. The van der Waals surface area contributed by atoms with Crippen molar-refractivity contribution in [1.29, 1.82) is 0 Å². The molecule has 0 aliphatic heterocycles. The van der Waals surface area contributed by atoms with Crippen molar-refractivity contribution in [3.63, 3.8) is 0 Å². The molecule has 2 aliphatic carbocycles. The highest BCUT2D eigenvalue weighted by Gasteiger charge is 2.35. The van der Waals surface area contributed by atoms with E-state index in [0.29, 0.717) is 35.4 Å². The fourth-order valence-corrected chi connectivity index (χ4v) is 5.37. The lowest BCUT2D eigenvalue weighted by Gasteiger charge is -2.18. The van der Waals surface area contributed by atoms with E-state index in [-0.39, 0.29) is 17.4 Å². The maximum atomic E-state index is 13.7. The standard InChI is InChI=1S/C28H32N8OS/c1-4-16(3)36-27-21(34-26(28(36)37)30-12-19-10-11-20(13-29-19)38-5-2)14-31-25(35-27)22-23(17-6-7-17)32-15-33-24(22)18-8-9-18/h10-11,13-18H,4-9,12H2,1-3H3,(H,30,34)/t16-/m0/s1. The number of pyridine rings is 1. The second-order valence-electron chi connectivity index (χ2n) is 10.1. The first-order valence-electron chi connectivity index (χ1n) is 13.5. The molecule has 4 heterocycles. The number of hydrogen-bond acceptors (Lipinski definition) is 9. The summed E-state index contributed by atoms with van der Waals surface area (Å²) in [4.78, 5) is 43.0. The molecule has 4 aromatic rings. The smallest absolute Gasteiger partial charge is 0.295 e. The summed E-state index contributed by atoms with van der Waals surface area (Å²) in [6.07, 6.45) is 10.6. The minimum Gasteiger partial charge on any atom is -0.360 e.